The fourth-order valence-electron chi connectivity index (χ4n) is 3.51. The molecule has 2 aliphatic carbocycles. The molecular weight excluding hydrogens is 244 g/mol. The van der Waals surface area contributed by atoms with Gasteiger partial charge in [0.15, 0.2) is 5.78 Å². The number of ether oxygens (including phenoxy) is 1. The average molecular weight is 262 g/mol. The van der Waals surface area contributed by atoms with E-state index < -0.39 is 11.8 Å². The topological polar surface area (TPSA) is 63.6 Å². The minimum absolute atomic E-state index is 0.0636. The molecule has 3 rings (SSSR count). The largest absolute Gasteiger partial charge is 0.422 e. The van der Waals surface area contributed by atoms with Gasteiger partial charge in [-0.3, -0.25) is 4.79 Å². The van der Waals surface area contributed by atoms with Crippen LogP contribution >= 0.6 is 0 Å². The lowest BCUT2D eigenvalue weighted by Gasteiger charge is -2.46. The third-order valence-electron chi connectivity index (χ3n) is 5.13. The van der Waals surface area contributed by atoms with Gasteiger partial charge in [-0.15, -0.1) is 0 Å². The average Bonchev–Trinajstić information content (AvgIpc) is 2.55. The van der Waals surface area contributed by atoms with Crippen molar-refractivity contribution in [2.75, 3.05) is 0 Å². The molecule has 0 amide bonds. The van der Waals surface area contributed by atoms with Crippen LogP contribution in [0.3, 0.4) is 0 Å². The molecule has 19 heavy (non-hydrogen) atoms. The van der Waals surface area contributed by atoms with Gasteiger partial charge in [-0.05, 0) is 31.8 Å². The number of hydrogen-bond acceptors (Lipinski definition) is 4. The van der Waals surface area contributed by atoms with E-state index in [-0.39, 0.29) is 11.2 Å². The number of allylic oxidation sites excluding steroid dienone is 1. The zero-order valence-electron chi connectivity index (χ0n) is 11.4. The highest BCUT2D eigenvalue weighted by atomic mass is 16.7. The Labute approximate surface area is 112 Å². The third-order valence-corrected chi connectivity index (χ3v) is 5.13. The summed E-state index contributed by atoms with van der Waals surface area (Å²) in [6, 6.07) is 0. The maximum atomic E-state index is 12.1. The van der Waals surface area contributed by atoms with Crippen LogP contribution in [0.25, 0.3) is 0 Å². The molecule has 0 aromatic rings. The molecule has 3 aliphatic rings. The van der Waals surface area contributed by atoms with Gasteiger partial charge in [0.05, 0.1) is 0 Å². The van der Waals surface area contributed by atoms with Gasteiger partial charge in [0.25, 0.3) is 5.79 Å². The number of hydrogen-bond donors (Lipinski definition) is 1. The van der Waals surface area contributed by atoms with E-state index in [1.54, 1.807) is 6.92 Å². The highest BCUT2D eigenvalue weighted by Crippen LogP contribution is 2.55. The van der Waals surface area contributed by atoms with E-state index in [9.17, 15) is 14.7 Å². The van der Waals surface area contributed by atoms with E-state index >= 15 is 0 Å². The first kappa shape index (κ1) is 12.6. The molecule has 1 saturated carbocycles. The summed E-state index contributed by atoms with van der Waals surface area (Å²) in [5, 5.41) is 10.5. The number of ketones is 1. The van der Waals surface area contributed by atoms with Crippen molar-refractivity contribution < 1.29 is 19.4 Å². The zero-order valence-corrected chi connectivity index (χ0v) is 11.4. The molecule has 0 bridgehead atoms. The summed E-state index contributed by atoms with van der Waals surface area (Å²) in [6.45, 7) is 5.84. The minimum Gasteiger partial charge on any atom is -0.422 e. The molecule has 0 aromatic carbocycles. The Morgan fingerprint density at radius 2 is 2.11 bits per heavy atom. The van der Waals surface area contributed by atoms with E-state index in [4.69, 9.17) is 4.74 Å². The van der Waals surface area contributed by atoms with Crippen LogP contribution in [0, 0.1) is 11.3 Å². The summed E-state index contributed by atoms with van der Waals surface area (Å²) in [7, 11) is 0. The summed E-state index contributed by atoms with van der Waals surface area (Å²) < 4.78 is 5.06. The Bertz CT molecular complexity index is 556. The number of carbonyl (C=O) groups is 2. The van der Waals surface area contributed by atoms with Crippen molar-refractivity contribution in [3.8, 4) is 0 Å². The molecule has 0 radical (unpaired) electrons. The van der Waals surface area contributed by atoms with Crippen LogP contribution in [0.1, 0.15) is 40.0 Å². The predicted octanol–water partition coefficient (Wildman–Crippen LogP) is 1.88. The zero-order chi connectivity index (χ0) is 14.0. The maximum Gasteiger partial charge on any atom is 0.336 e. The van der Waals surface area contributed by atoms with E-state index in [0.717, 1.165) is 6.42 Å². The Balaban J connectivity index is 2.19. The lowest BCUT2D eigenvalue weighted by atomic mass is 9.58. The standard InChI is InChI=1S/C15H18O4/c1-8-4-5-12(16)11-7-15(18)10(6-14(8,11)3)9(2)13(17)19-15/h7-8,18H,4-6H2,1-3H3. The van der Waals surface area contributed by atoms with Crippen LogP contribution in [0.5, 0.6) is 0 Å². The molecule has 1 fully saturated rings. The summed E-state index contributed by atoms with van der Waals surface area (Å²) in [5.41, 5.74) is 1.42. The van der Waals surface area contributed by atoms with Gasteiger partial charge in [0.2, 0.25) is 0 Å². The van der Waals surface area contributed by atoms with Gasteiger partial charge in [0, 0.05) is 28.6 Å². The van der Waals surface area contributed by atoms with Gasteiger partial charge in [-0.1, -0.05) is 13.8 Å². The van der Waals surface area contributed by atoms with E-state index in [0.29, 0.717) is 35.5 Å². The monoisotopic (exact) mass is 262 g/mol. The van der Waals surface area contributed by atoms with Gasteiger partial charge in [-0.25, -0.2) is 4.79 Å². The molecule has 3 unspecified atom stereocenters. The molecule has 1 N–H and O–H groups in total. The van der Waals surface area contributed by atoms with E-state index in [1.807, 2.05) is 6.92 Å². The van der Waals surface area contributed by atoms with Crippen LogP contribution in [-0.2, 0) is 14.3 Å². The van der Waals surface area contributed by atoms with Crippen molar-refractivity contribution in [2.24, 2.45) is 11.3 Å². The number of aliphatic hydroxyl groups is 1. The van der Waals surface area contributed by atoms with E-state index in [2.05, 4.69) is 6.92 Å². The maximum absolute atomic E-state index is 12.1. The molecule has 0 saturated heterocycles. The van der Waals surface area contributed by atoms with Crippen LogP contribution < -0.4 is 0 Å². The predicted molar refractivity (Wildman–Crippen MR) is 68.0 cm³/mol. The Morgan fingerprint density at radius 1 is 1.42 bits per heavy atom. The SMILES string of the molecule is CC1=C2CC3(C)C(=CC2(O)OC1=O)C(=O)CCC3C. The molecule has 4 nitrogen and oxygen atoms in total. The number of Topliss-reactive ketones (excluding diaryl/α,β-unsaturated/α-hetero) is 1. The third kappa shape index (κ3) is 1.49. The highest BCUT2D eigenvalue weighted by Gasteiger charge is 2.54. The van der Waals surface area contributed by atoms with Crippen molar-refractivity contribution in [1.29, 1.82) is 0 Å². The number of rotatable bonds is 0. The van der Waals surface area contributed by atoms with Crippen LogP contribution in [0.4, 0.5) is 0 Å². The lowest BCUT2D eigenvalue weighted by Crippen LogP contribution is -2.45. The van der Waals surface area contributed by atoms with Gasteiger partial charge in [0.1, 0.15) is 0 Å². The lowest BCUT2D eigenvalue weighted by molar-refractivity contribution is -0.170. The molecule has 0 spiro atoms. The van der Waals surface area contributed by atoms with Gasteiger partial charge in [-0.2, -0.15) is 0 Å². The first-order valence-corrected chi connectivity index (χ1v) is 6.70. The fraction of sp³-hybridized carbons (Fsp3) is 0.600. The molecule has 102 valence electrons. The second kappa shape index (κ2) is 3.57. The highest BCUT2D eigenvalue weighted by molar-refractivity contribution is 5.99. The van der Waals surface area contributed by atoms with E-state index in [1.165, 1.54) is 6.08 Å². The van der Waals surface area contributed by atoms with Gasteiger partial charge < -0.3 is 9.84 Å². The second-order valence-corrected chi connectivity index (χ2v) is 6.20. The first-order chi connectivity index (χ1) is 8.78. The number of esters is 1. The van der Waals surface area contributed by atoms with Crippen LogP contribution in [0.2, 0.25) is 0 Å². The van der Waals surface area contributed by atoms with Gasteiger partial charge >= 0.3 is 5.97 Å². The molecular formula is C15H18O4. The molecule has 4 heteroatoms. The first-order valence-electron chi connectivity index (χ1n) is 6.70. The number of carbonyl (C=O) groups excluding carboxylic acids is 2. The van der Waals surface area contributed by atoms with Crippen LogP contribution in [-0.4, -0.2) is 22.6 Å². The fourth-order valence-corrected chi connectivity index (χ4v) is 3.51. The normalized spacial score (nSPS) is 41.7. The Morgan fingerprint density at radius 3 is 2.79 bits per heavy atom. The summed E-state index contributed by atoms with van der Waals surface area (Å²) >= 11 is 0. The van der Waals surface area contributed by atoms with Crippen molar-refractivity contribution in [1.82, 2.24) is 0 Å². The quantitative estimate of drug-likeness (QED) is 0.677. The van der Waals surface area contributed by atoms with Crippen molar-refractivity contribution in [3.05, 3.63) is 22.8 Å². The Kier molecular flexibility index (Phi) is 2.37. The Hall–Kier alpha value is -1.42. The second-order valence-electron chi connectivity index (χ2n) is 6.20. The van der Waals surface area contributed by atoms with Crippen molar-refractivity contribution >= 4 is 11.8 Å². The minimum atomic E-state index is -1.69. The molecule has 3 atom stereocenters. The van der Waals surface area contributed by atoms with Crippen LogP contribution in [0.15, 0.2) is 22.8 Å². The molecule has 0 aromatic heterocycles. The van der Waals surface area contributed by atoms with Crippen molar-refractivity contribution in [2.45, 2.75) is 45.8 Å². The van der Waals surface area contributed by atoms with Crippen molar-refractivity contribution in [3.63, 3.8) is 0 Å². The summed E-state index contributed by atoms with van der Waals surface area (Å²) in [6.07, 6.45) is 3.34. The molecule has 1 heterocycles. The smallest absolute Gasteiger partial charge is 0.336 e. The molecule has 1 aliphatic heterocycles. The number of fused-ring (bicyclic) bond motifs is 2. The summed E-state index contributed by atoms with van der Waals surface area (Å²) in [4.78, 5) is 23.8. The summed E-state index contributed by atoms with van der Waals surface area (Å²) in [5.74, 6) is -1.77.